The Hall–Kier alpha value is -1.84. The number of anilines is 1. The third kappa shape index (κ3) is 3.58. The van der Waals surface area contributed by atoms with Crippen molar-refractivity contribution in [2.45, 2.75) is 18.7 Å². The van der Waals surface area contributed by atoms with Crippen molar-refractivity contribution in [3.05, 3.63) is 66.2 Å². The van der Waals surface area contributed by atoms with Crippen LogP contribution in [0.2, 0.25) is 0 Å². The molecule has 0 bridgehead atoms. The minimum atomic E-state index is -0.827. The van der Waals surface area contributed by atoms with Crippen molar-refractivity contribution in [3.8, 4) is 0 Å². The lowest BCUT2D eigenvalue weighted by molar-refractivity contribution is 0.165. The lowest BCUT2D eigenvalue weighted by Crippen LogP contribution is -2.25. The monoisotopic (exact) mass is 242 g/mol. The smallest absolute Gasteiger partial charge is 0.104 e. The molecule has 0 spiro atoms. The van der Waals surface area contributed by atoms with Crippen LogP contribution in [-0.4, -0.2) is 11.3 Å². The number of hydrogen-bond acceptors (Lipinski definition) is 3. The van der Waals surface area contributed by atoms with Crippen LogP contribution in [0.25, 0.3) is 0 Å². The summed E-state index contributed by atoms with van der Waals surface area (Å²) in [6.07, 6.45) is -0.356. The molecular formula is C15H18N2O. The highest BCUT2D eigenvalue weighted by Crippen LogP contribution is 2.22. The van der Waals surface area contributed by atoms with Gasteiger partial charge in [-0.25, -0.2) is 0 Å². The second-order valence-corrected chi connectivity index (χ2v) is 4.28. The van der Waals surface area contributed by atoms with E-state index in [0.717, 1.165) is 11.3 Å². The van der Waals surface area contributed by atoms with Crippen LogP contribution in [-0.2, 0) is 0 Å². The molecule has 0 aliphatic carbocycles. The topological polar surface area (TPSA) is 58.3 Å². The molecule has 3 nitrogen and oxygen atoms in total. The number of nitrogens with two attached hydrogens (primary N) is 1. The lowest BCUT2D eigenvalue weighted by atomic mass is 10.0. The SMILES string of the molecule is NC(O)CC(Nc1ccccc1)c1ccccc1. The third-order valence-corrected chi connectivity index (χ3v) is 2.79. The summed E-state index contributed by atoms with van der Waals surface area (Å²) in [4.78, 5) is 0. The molecule has 0 heterocycles. The Morgan fingerprint density at radius 1 is 0.944 bits per heavy atom. The Balaban J connectivity index is 2.16. The van der Waals surface area contributed by atoms with Gasteiger partial charge in [-0.15, -0.1) is 0 Å². The zero-order valence-electron chi connectivity index (χ0n) is 10.2. The van der Waals surface area contributed by atoms with E-state index in [1.807, 2.05) is 60.7 Å². The van der Waals surface area contributed by atoms with Gasteiger partial charge in [-0.2, -0.15) is 0 Å². The molecule has 0 aliphatic rings. The van der Waals surface area contributed by atoms with Crippen molar-refractivity contribution in [3.63, 3.8) is 0 Å². The van der Waals surface area contributed by atoms with Gasteiger partial charge in [0.2, 0.25) is 0 Å². The van der Waals surface area contributed by atoms with Gasteiger partial charge in [0.1, 0.15) is 6.23 Å². The first kappa shape index (κ1) is 12.6. The van der Waals surface area contributed by atoms with Crippen molar-refractivity contribution in [1.82, 2.24) is 0 Å². The Bertz CT molecular complexity index is 456. The van der Waals surface area contributed by atoms with Crippen LogP contribution in [0.15, 0.2) is 60.7 Å². The molecule has 0 fully saturated rings. The average molecular weight is 242 g/mol. The van der Waals surface area contributed by atoms with Crippen LogP contribution in [0, 0.1) is 0 Å². The predicted molar refractivity (Wildman–Crippen MR) is 74.1 cm³/mol. The molecule has 0 amide bonds. The van der Waals surface area contributed by atoms with E-state index in [0.29, 0.717) is 6.42 Å². The van der Waals surface area contributed by atoms with E-state index in [9.17, 15) is 5.11 Å². The molecule has 2 aromatic carbocycles. The molecule has 0 aliphatic heterocycles. The summed E-state index contributed by atoms with van der Waals surface area (Å²) < 4.78 is 0. The number of benzene rings is 2. The molecule has 18 heavy (non-hydrogen) atoms. The summed E-state index contributed by atoms with van der Waals surface area (Å²) in [5, 5.41) is 12.8. The zero-order chi connectivity index (χ0) is 12.8. The molecule has 94 valence electrons. The Morgan fingerprint density at radius 3 is 2.06 bits per heavy atom. The molecule has 2 atom stereocenters. The number of aliphatic hydroxyl groups is 1. The Labute approximate surface area is 107 Å². The highest BCUT2D eigenvalue weighted by atomic mass is 16.3. The van der Waals surface area contributed by atoms with Crippen LogP contribution in [0.4, 0.5) is 5.69 Å². The van der Waals surface area contributed by atoms with Gasteiger partial charge in [-0.05, 0) is 17.7 Å². The fourth-order valence-electron chi connectivity index (χ4n) is 1.94. The van der Waals surface area contributed by atoms with E-state index < -0.39 is 6.23 Å². The molecule has 2 rings (SSSR count). The summed E-state index contributed by atoms with van der Waals surface area (Å²) in [7, 11) is 0. The highest BCUT2D eigenvalue weighted by molar-refractivity contribution is 5.45. The molecule has 0 aromatic heterocycles. The van der Waals surface area contributed by atoms with Crippen LogP contribution in [0.1, 0.15) is 18.0 Å². The van der Waals surface area contributed by atoms with Gasteiger partial charge < -0.3 is 16.2 Å². The van der Waals surface area contributed by atoms with Gasteiger partial charge in [0.25, 0.3) is 0 Å². The zero-order valence-corrected chi connectivity index (χ0v) is 10.2. The van der Waals surface area contributed by atoms with Gasteiger partial charge in [0.05, 0.1) is 6.04 Å². The van der Waals surface area contributed by atoms with Crippen LogP contribution >= 0.6 is 0 Å². The lowest BCUT2D eigenvalue weighted by Gasteiger charge is -2.21. The fraction of sp³-hybridized carbons (Fsp3) is 0.200. The Kier molecular flexibility index (Phi) is 4.34. The maximum absolute atomic E-state index is 9.40. The number of rotatable bonds is 5. The van der Waals surface area contributed by atoms with E-state index in [4.69, 9.17) is 5.73 Å². The van der Waals surface area contributed by atoms with Crippen molar-refractivity contribution >= 4 is 5.69 Å². The summed E-state index contributed by atoms with van der Waals surface area (Å²) >= 11 is 0. The second-order valence-electron chi connectivity index (χ2n) is 4.28. The van der Waals surface area contributed by atoms with E-state index in [1.165, 1.54) is 0 Å². The Morgan fingerprint density at radius 2 is 1.50 bits per heavy atom. The van der Waals surface area contributed by atoms with Gasteiger partial charge >= 0.3 is 0 Å². The van der Waals surface area contributed by atoms with Gasteiger partial charge in [0, 0.05) is 12.1 Å². The normalized spacial score (nSPS) is 13.9. The first-order valence-electron chi connectivity index (χ1n) is 6.06. The maximum atomic E-state index is 9.40. The second kappa shape index (κ2) is 6.19. The van der Waals surface area contributed by atoms with Crippen LogP contribution in [0.3, 0.4) is 0 Å². The summed E-state index contributed by atoms with van der Waals surface area (Å²) in [6, 6.07) is 19.9. The molecule has 3 heteroatoms. The van der Waals surface area contributed by atoms with Crippen molar-refractivity contribution in [1.29, 1.82) is 0 Å². The average Bonchev–Trinajstić information content (AvgIpc) is 2.40. The molecule has 4 N–H and O–H groups in total. The number of hydrogen-bond donors (Lipinski definition) is 3. The van der Waals surface area contributed by atoms with Crippen molar-refractivity contribution in [2.24, 2.45) is 5.73 Å². The molecule has 0 saturated heterocycles. The molecule has 0 radical (unpaired) electrons. The first-order valence-corrected chi connectivity index (χ1v) is 6.06. The number of nitrogens with one attached hydrogen (secondary N) is 1. The predicted octanol–water partition coefficient (Wildman–Crippen LogP) is 2.51. The number of aliphatic hydroxyl groups excluding tert-OH is 1. The van der Waals surface area contributed by atoms with Crippen LogP contribution < -0.4 is 11.1 Å². The minimum Gasteiger partial charge on any atom is -0.379 e. The summed E-state index contributed by atoms with van der Waals surface area (Å²) in [5.74, 6) is 0. The fourth-order valence-corrected chi connectivity index (χ4v) is 1.94. The van der Waals surface area contributed by atoms with E-state index in [-0.39, 0.29) is 6.04 Å². The van der Waals surface area contributed by atoms with Gasteiger partial charge in [0.15, 0.2) is 0 Å². The highest BCUT2D eigenvalue weighted by Gasteiger charge is 2.13. The summed E-state index contributed by atoms with van der Waals surface area (Å²) in [5.41, 5.74) is 7.64. The summed E-state index contributed by atoms with van der Waals surface area (Å²) in [6.45, 7) is 0. The standard InChI is InChI=1S/C15H18N2O/c16-15(18)11-14(12-7-3-1-4-8-12)17-13-9-5-2-6-10-13/h1-10,14-15,17-18H,11,16H2. The first-order chi connectivity index (χ1) is 8.75. The molecule has 0 saturated carbocycles. The van der Waals surface area contributed by atoms with E-state index in [1.54, 1.807) is 0 Å². The molecular weight excluding hydrogens is 224 g/mol. The maximum Gasteiger partial charge on any atom is 0.104 e. The van der Waals surface area contributed by atoms with Crippen molar-refractivity contribution in [2.75, 3.05) is 5.32 Å². The van der Waals surface area contributed by atoms with E-state index in [2.05, 4.69) is 5.32 Å². The van der Waals surface area contributed by atoms with E-state index >= 15 is 0 Å². The van der Waals surface area contributed by atoms with Gasteiger partial charge in [-0.1, -0.05) is 48.5 Å². The third-order valence-electron chi connectivity index (χ3n) is 2.79. The van der Waals surface area contributed by atoms with Gasteiger partial charge in [-0.3, -0.25) is 0 Å². The minimum absolute atomic E-state index is 0.00796. The number of para-hydroxylation sites is 1. The largest absolute Gasteiger partial charge is 0.379 e. The molecule has 2 unspecified atom stereocenters. The quantitative estimate of drug-likeness (QED) is 0.706. The van der Waals surface area contributed by atoms with Crippen LogP contribution in [0.5, 0.6) is 0 Å². The van der Waals surface area contributed by atoms with Crippen molar-refractivity contribution < 1.29 is 5.11 Å². The molecule has 2 aromatic rings.